The zero-order valence-corrected chi connectivity index (χ0v) is 11.2. The topological polar surface area (TPSA) is 75.6 Å². The third kappa shape index (κ3) is 3.14. The molecule has 0 amide bonds. The molecule has 2 rings (SSSR count). The first kappa shape index (κ1) is 12.7. The van der Waals surface area contributed by atoms with Crippen LogP contribution in [-0.2, 0) is 6.42 Å². The number of nitrogens with zero attached hydrogens (tertiary/aromatic N) is 4. The van der Waals surface area contributed by atoms with Crippen LogP contribution in [0.2, 0.25) is 0 Å². The lowest BCUT2D eigenvalue weighted by Gasteiger charge is -2.00. The highest BCUT2D eigenvalue weighted by Crippen LogP contribution is 2.19. The monoisotopic (exact) mass is 262 g/mol. The fourth-order valence-corrected chi connectivity index (χ4v) is 2.33. The molecule has 0 aromatic carbocycles. The van der Waals surface area contributed by atoms with E-state index in [4.69, 9.17) is 9.78 Å². The van der Waals surface area contributed by atoms with Gasteiger partial charge in [0.05, 0.1) is 12.5 Å². The SMILES string of the molecule is Cc1csc(Cc2noc(C(C)CCC#N)n2)n1. The largest absolute Gasteiger partial charge is 0.339 e. The van der Waals surface area contributed by atoms with Crippen molar-refractivity contribution in [1.29, 1.82) is 5.26 Å². The van der Waals surface area contributed by atoms with Crippen LogP contribution in [0.1, 0.15) is 48.1 Å². The second-order valence-corrected chi connectivity index (χ2v) is 5.15. The van der Waals surface area contributed by atoms with E-state index in [0.29, 0.717) is 24.6 Å². The summed E-state index contributed by atoms with van der Waals surface area (Å²) in [7, 11) is 0. The summed E-state index contributed by atoms with van der Waals surface area (Å²) in [5, 5.41) is 15.5. The van der Waals surface area contributed by atoms with E-state index in [2.05, 4.69) is 21.2 Å². The summed E-state index contributed by atoms with van der Waals surface area (Å²) < 4.78 is 5.21. The zero-order valence-electron chi connectivity index (χ0n) is 10.4. The molecule has 0 fully saturated rings. The van der Waals surface area contributed by atoms with E-state index in [9.17, 15) is 0 Å². The van der Waals surface area contributed by atoms with E-state index >= 15 is 0 Å². The summed E-state index contributed by atoms with van der Waals surface area (Å²) >= 11 is 1.60. The van der Waals surface area contributed by atoms with E-state index in [-0.39, 0.29) is 5.92 Å². The molecule has 0 saturated carbocycles. The van der Waals surface area contributed by atoms with Crippen molar-refractivity contribution in [1.82, 2.24) is 15.1 Å². The Labute approximate surface area is 109 Å². The molecule has 6 heteroatoms. The molecule has 0 spiro atoms. The second kappa shape index (κ2) is 5.74. The van der Waals surface area contributed by atoms with Crippen molar-refractivity contribution in [3.05, 3.63) is 27.8 Å². The summed E-state index contributed by atoms with van der Waals surface area (Å²) in [5.41, 5.74) is 1.01. The molecular weight excluding hydrogens is 248 g/mol. The fraction of sp³-hybridized carbons (Fsp3) is 0.500. The highest BCUT2D eigenvalue weighted by Gasteiger charge is 2.14. The number of hydrogen-bond donors (Lipinski definition) is 0. The van der Waals surface area contributed by atoms with Crippen molar-refractivity contribution in [2.45, 2.75) is 39.0 Å². The van der Waals surface area contributed by atoms with Crippen molar-refractivity contribution in [2.75, 3.05) is 0 Å². The summed E-state index contributed by atoms with van der Waals surface area (Å²) in [6.07, 6.45) is 1.85. The fourth-order valence-electron chi connectivity index (χ4n) is 1.56. The van der Waals surface area contributed by atoms with Crippen LogP contribution in [0.4, 0.5) is 0 Å². The molecule has 5 nitrogen and oxygen atoms in total. The van der Waals surface area contributed by atoms with E-state index in [0.717, 1.165) is 17.1 Å². The van der Waals surface area contributed by atoms with Crippen LogP contribution in [0.5, 0.6) is 0 Å². The molecule has 2 aromatic rings. The molecular formula is C12H14N4OS. The number of rotatable bonds is 5. The molecule has 0 radical (unpaired) electrons. The first-order chi connectivity index (χ1) is 8.69. The minimum Gasteiger partial charge on any atom is -0.339 e. The van der Waals surface area contributed by atoms with Crippen LogP contribution in [-0.4, -0.2) is 15.1 Å². The Morgan fingerprint density at radius 2 is 2.33 bits per heavy atom. The standard InChI is InChI=1S/C12H14N4OS/c1-8(4-3-5-13)12-15-10(16-17-12)6-11-14-9(2)7-18-11/h7-8H,3-4,6H2,1-2H3. The summed E-state index contributed by atoms with van der Waals surface area (Å²) in [5.74, 6) is 1.39. The van der Waals surface area contributed by atoms with Gasteiger partial charge in [-0.2, -0.15) is 10.2 Å². The molecule has 2 heterocycles. The lowest BCUT2D eigenvalue weighted by molar-refractivity contribution is 0.351. The van der Waals surface area contributed by atoms with Crippen LogP contribution in [0, 0.1) is 18.3 Å². The quantitative estimate of drug-likeness (QED) is 0.828. The van der Waals surface area contributed by atoms with Crippen molar-refractivity contribution < 1.29 is 4.52 Å². The Kier molecular flexibility index (Phi) is 4.05. The van der Waals surface area contributed by atoms with Crippen LogP contribution < -0.4 is 0 Å². The van der Waals surface area contributed by atoms with Gasteiger partial charge >= 0.3 is 0 Å². The summed E-state index contributed by atoms with van der Waals surface area (Å²) in [6, 6.07) is 2.12. The number of hydrogen-bond acceptors (Lipinski definition) is 6. The van der Waals surface area contributed by atoms with E-state index < -0.39 is 0 Å². The first-order valence-corrected chi connectivity index (χ1v) is 6.67. The van der Waals surface area contributed by atoms with Crippen molar-refractivity contribution in [3.63, 3.8) is 0 Å². The number of aryl methyl sites for hydroxylation is 1. The Hall–Kier alpha value is -1.74. The van der Waals surface area contributed by atoms with Crippen LogP contribution in [0.25, 0.3) is 0 Å². The van der Waals surface area contributed by atoms with Gasteiger partial charge in [-0.3, -0.25) is 0 Å². The van der Waals surface area contributed by atoms with Gasteiger partial charge in [-0.25, -0.2) is 4.98 Å². The predicted octanol–water partition coefficient (Wildman–Crippen LogP) is 2.83. The third-order valence-corrected chi connectivity index (χ3v) is 3.54. The maximum Gasteiger partial charge on any atom is 0.229 e. The average Bonchev–Trinajstić information content (AvgIpc) is 2.96. The van der Waals surface area contributed by atoms with Gasteiger partial charge < -0.3 is 4.52 Å². The van der Waals surface area contributed by atoms with Crippen LogP contribution in [0.3, 0.4) is 0 Å². The predicted molar refractivity (Wildman–Crippen MR) is 67.2 cm³/mol. The van der Waals surface area contributed by atoms with Gasteiger partial charge in [0.1, 0.15) is 5.01 Å². The minimum absolute atomic E-state index is 0.129. The van der Waals surface area contributed by atoms with Gasteiger partial charge in [0.15, 0.2) is 5.82 Å². The Morgan fingerprint density at radius 1 is 1.50 bits per heavy atom. The van der Waals surface area contributed by atoms with Crippen molar-refractivity contribution in [2.24, 2.45) is 0 Å². The molecule has 0 aliphatic carbocycles. The Balaban J connectivity index is 2.00. The highest BCUT2D eigenvalue weighted by atomic mass is 32.1. The van der Waals surface area contributed by atoms with Gasteiger partial charge in [0.25, 0.3) is 0 Å². The lowest BCUT2D eigenvalue weighted by atomic mass is 10.1. The first-order valence-electron chi connectivity index (χ1n) is 5.79. The molecule has 0 N–H and O–H groups in total. The zero-order chi connectivity index (χ0) is 13.0. The number of aromatic nitrogens is 3. The summed E-state index contributed by atoms with van der Waals surface area (Å²) in [4.78, 5) is 8.71. The van der Waals surface area contributed by atoms with Gasteiger partial charge in [-0.15, -0.1) is 11.3 Å². The van der Waals surface area contributed by atoms with Crippen molar-refractivity contribution >= 4 is 11.3 Å². The molecule has 1 unspecified atom stereocenters. The Morgan fingerprint density at radius 3 is 3.00 bits per heavy atom. The minimum atomic E-state index is 0.129. The highest BCUT2D eigenvalue weighted by molar-refractivity contribution is 7.09. The molecule has 0 saturated heterocycles. The van der Waals surface area contributed by atoms with Crippen molar-refractivity contribution in [3.8, 4) is 6.07 Å². The van der Waals surface area contributed by atoms with Gasteiger partial charge in [-0.1, -0.05) is 12.1 Å². The van der Waals surface area contributed by atoms with Gasteiger partial charge in [0.2, 0.25) is 5.89 Å². The molecule has 94 valence electrons. The normalized spacial score (nSPS) is 12.3. The molecule has 0 aliphatic heterocycles. The molecule has 0 bridgehead atoms. The second-order valence-electron chi connectivity index (χ2n) is 4.21. The maximum absolute atomic E-state index is 8.54. The molecule has 2 aromatic heterocycles. The number of nitriles is 1. The van der Waals surface area contributed by atoms with Crippen LogP contribution >= 0.6 is 11.3 Å². The Bertz CT molecular complexity index is 554. The summed E-state index contributed by atoms with van der Waals surface area (Å²) in [6.45, 7) is 3.95. The number of thiazole rings is 1. The molecule has 0 aliphatic rings. The van der Waals surface area contributed by atoms with Gasteiger partial charge in [0, 0.05) is 23.4 Å². The van der Waals surface area contributed by atoms with Gasteiger partial charge in [-0.05, 0) is 13.3 Å². The maximum atomic E-state index is 8.54. The molecule has 1 atom stereocenters. The third-order valence-electron chi connectivity index (χ3n) is 2.57. The van der Waals surface area contributed by atoms with E-state index in [1.165, 1.54) is 0 Å². The smallest absolute Gasteiger partial charge is 0.229 e. The van der Waals surface area contributed by atoms with Crippen LogP contribution in [0.15, 0.2) is 9.90 Å². The lowest BCUT2D eigenvalue weighted by Crippen LogP contribution is -1.95. The van der Waals surface area contributed by atoms with E-state index in [1.807, 2.05) is 19.2 Å². The molecule has 18 heavy (non-hydrogen) atoms. The average molecular weight is 262 g/mol. The van der Waals surface area contributed by atoms with E-state index in [1.54, 1.807) is 11.3 Å².